The molecule has 4 heteroatoms. The second-order valence-corrected chi connectivity index (χ2v) is 5.24. The number of nitrogens with zero attached hydrogens (tertiary/aromatic N) is 1. The number of nitriles is 1. The Bertz CT molecular complexity index is 874. The minimum atomic E-state index is 0.0215. The summed E-state index contributed by atoms with van der Waals surface area (Å²) in [6.07, 6.45) is 1.99. The van der Waals surface area contributed by atoms with Crippen LogP contribution in [0.25, 0.3) is 10.9 Å². The fraction of sp³-hybridized carbons (Fsp3) is 0.0588. The zero-order valence-corrected chi connectivity index (χ0v) is 11.8. The van der Waals surface area contributed by atoms with Gasteiger partial charge in [0, 0.05) is 34.1 Å². The van der Waals surface area contributed by atoms with Gasteiger partial charge in [-0.2, -0.15) is 5.26 Å². The van der Waals surface area contributed by atoms with Gasteiger partial charge in [-0.05, 0) is 29.8 Å². The molecule has 0 fully saturated rings. The van der Waals surface area contributed by atoms with Crippen molar-refractivity contribution in [3.05, 3.63) is 70.4 Å². The predicted octanol–water partition coefficient (Wildman–Crippen LogP) is 4.12. The number of hydrogen-bond acceptors (Lipinski definition) is 2. The molecule has 1 heterocycles. The van der Waals surface area contributed by atoms with Crippen LogP contribution in [-0.4, -0.2) is 10.8 Å². The molecule has 3 nitrogen and oxygen atoms in total. The van der Waals surface area contributed by atoms with Crippen molar-refractivity contribution in [1.82, 2.24) is 4.98 Å². The highest BCUT2D eigenvalue weighted by molar-refractivity contribution is 6.30. The molecule has 0 saturated carbocycles. The maximum atomic E-state index is 12.4. The van der Waals surface area contributed by atoms with E-state index in [0.717, 1.165) is 16.5 Å². The van der Waals surface area contributed by atoms with Gasteiger partial charge in [-0.25, -0.2) is 0 Å². The highest BCUT2D eigenvalue weighted by atomic mass is 35.5. The van der Waals surface area contributed by atoms with E-state index in [9.17, 15) is 4.79 Å². The highest BCUT2D eigenvalue weighted by Crippen LogP contribution is 2.21. The van der Waals surface area contributed by atoms with Crippen LogP contribution in [0.1, 0.15) is 21.5 Å². The van der Waals surface area contributed by atoms with Crippen LogP contribution < -0.4 is 0 Å². The van der Waals surface area contributed by atoms with E-state index in [4.69, 9.17) is 16.9 Å². The number of Topliss-reactive ketones (excluding diaryl/α,β-unsaturated/α-hetero) is 1. The molecule has 2 aromatic carbocycles. The lowest BCUT2D eigenvalue weighted by Gasteiger charge is -2.01. The third kappa shape index (κ3) is 2.67. The first-order valence-electron chi connectivity index (χ1n) is 6.46. The van der Waals surface area contributed by atoms with Gasteiger partial charge in [0.25, 0.3) is 0 Å². The second kappa shape index (κ2) is 5.43. The topological polar surface area (TPSA) is 56.6 Å². The van der Waals surface area contributed by atoms with Crippen molar-refractivity contribution in [3.63, 3.8) is 0 Å². The molecule has 3 aromatic rings. The zero-order chi connectivity index (χ0) is 14.8. The molecule has 0 amide bonds. The summed E-state index contributed by atoms with van der Waals surface area (Å²) >= 11 is 5.93. The van der Waals surface area contributed by atoms with Crippen molar-refractivity contribution in [1.29, 1.82) is 5.26 Å². The van der Waals surface area contributed by atoms with Crippen LogP contribution in [0, 0.1) is 11.3 Å². The van der Waals surface area contributed by atoms with Crippen LogP contribution in [-0.2, 0) is 6.42 Å². The SMILES string of the molecule is N#Cc1ccc2c(C(=O)Cc3cccc(Cl)c3)c[nH]c2c1. The van der Waals surface area contributed by atoms with Crippen LogP contribution in [0.3, 0.4) is 0 Å². The number of aromatic amines is 1. The van der Waals surface area contributed by atoms with E-state index in [1.807, 2.05) is 12.1 Å². The summed E-state index contributed by atoms with van der Waals surface area (Å²) in [5.74, 6) is 0.0215. The molecule has 0 spiro atoms. The molecular weight excluding hydrogens is 284 g/mol. The van der Waals surface area contributed by atoms with E-state index in [1.165, 1.54) is 0 Å². The number of hydrogen-bond donors (Lipinski definition) is 1. The summed E-state index contributed by atoms with van der Waals surface area (Å²) in [7, 11) is 0. The Hall–Kier alpha value is -2.57. The molecule has 102 valence electrons. The molecule has 0 saturated heterocycles. The first kappa shape index (κ1) is 13.4. The minimum Gasteiger partial charge on any atom is -0.360 e. The summed E-state index contributed by atoms with van der Waals surface area (Å²) in [4.78, 5) is 15.5. The maximum Gasteiger partial charge on any atom is 0.169 e. The lowest BCUT2D eigenvalue weighted by Crippen LogP contribution is -2.02. The maximum absolute atomic E-state index is 12.4. The van der Waals surface area contributed by atoms with E-state index in [2.05, 4.69) is 11.1 Å². The third-order valence-electron chi connectivity index (χ3n) is 3.36. The second-order valence-electron chi connectivity index (χ2n) is 4.80. The van der Waals surface area contributed by atoms with Gasteiger partial charge < -0.3 is 4.98 Å². The first-order valence-corrected chi connectivity index (χ1v) is 6.84. The van der Waals surface area contributed by atoms with Crippen LogP contribution in [0.2, 0.25) is 5.02 Å². The Morgan fingerprint density at radius 2 is 2.10 bits per heavy atom. The lowest BCUT2D eigenvalue weighted by atomic mass is 10.0. The van der Waals surface area contributed by atoms with Crippen molar-refractivity contribution in [2.75, 3.05) is 0 Å². The van der Waals surface area contributed by atoms with Crippen LogP contribution >= 0.6 is 11.6 Å². The normalized spacial score (nSPS) is 10.5. The van der Waals surface area contributed by atoms with Gasteiger partial charge >= 0.3 is 0 Å². The standard InChI is InChI=1S/C17H11ClN2O/c18-13-3-1-2-11(6-13)8-17(21)15-10-20-16-7-12(9-19)4-5-14(15)16/h1-7,10,20H,8H2. The number of carbonyl (C=O) groups excluding carboxylic acids is 1. The quantitative estimate of drug-likeness (QED) is 0.739. The van der Waals surface area contributed by atoms with Crippen LogP contribution in [0.4, 0.5) is 0 Å². The third-order valence-corrected chi connectivity index (χ3v) is 3.60. The number of H-pyrrole nitrogens is 1. The first-order chi connectivity index (χ1) is 10.2. The van der Waals surface area contributed by atoms with Crippen molar-refractivity contribution in [3.8, 4) is 6.07 Å². The van der Waals surface area contributed by atoms with Crippen molar-refractivity contribution >= 4 is 28.3 Å². The highest BCUT2D eigenvalue weighted by Gasteiger charge is 2.13. The molecule has 0 atom stereocenters. The van der Waals surface area contributed by atoms with E-state index < -0.39 is 0 Å². The minimum absolute atomic E-state index is 0.0215. The Morgan fingerprint density at radius 1 is 1.24 bits per heavy atom. The van der Waals surface area contributed by atoms with Gasteiger partial charge in [0.1, 0.15) is 0 Å². The van der Waals surface area contributed by atoms with Gasteiger partial charge in [0.15, 0.2) is 5.78 Å². The van der Waals surface area contributed by atoms with Crippen LogP contribution in [0.5, 0.6) is 0 Å². The zero-order valence-electron chi connectivity index (χ0n) is 11.1. The van der Waals surface area contributed by atoms with Gasteiger partial charge in [-0.3, -0.25) is 4.79 Å². The molecule has 0 aliphatic carbocycles. The Balaban J connectivity index is 1.93. The molecular formula is C17H11ClN2O. The van der Waals surface area contributed by atoms with Gasteiger partial charge in [-0.1, -0.05) is 29.8 Å². The molecule has 3 rings (SSSR count). The summed E-state index contributed by atoms with van der Waals surface area (Å²) in [5.41, 5.74) is 2.88. The lowest BCUT2D eigenvalue weighted by molar-refractivity contribution is 0.0994. The predicted molar refractivity (Wildman–Crippen MR) is 82.5 cm³/mol. The monoisotopic (exact) mass is 294 g/mol. The Morgan fingerprint density at radius 3 is 2.86 bits per heavy atom. The molecule has 0 radical (unpaired) electrons. The fourth-order valence-corrected chi connectivity index (χ4v) is 2.57. The molecule has 0 bridgehead atoms. The van der Waals surface area contributed by atoms with Crippen molar-refractivity contribution in [2.24, 2.45) is 0 Å². The molecule has 1 aromatic heterocycles. The summed E-state index contributed by atoms with van der Waals surface area (Å²) in [6.45, 7) is 0. The Labute approximate surface area is 126 Å². The van der Waals surface area contributed by atoms with Crippen molar-refractivity contribution in [2.45, 2.75) is 6.42 Å². The average Bonchev–Trinajstić information content (AvgIpc) is 2.90. The number of fused-ring (bicyclic) bond motifs is 1. The summed E-state index contributed by atoms with van der Waals surface area (Å²) in [6, 6.07) is 14.6. The largest absolute Gasteiger partial charge is 0.360 e. The molecule has 0 aliphatic rings. The number of carbonyl (C=O) groups is 1. The summed E-state index contributed by atoms with van der Waals surface area (Å²) in [5, 5.41) is 10.3. The van der Waals surface area contributed by atoms with E-state index >= 15 is 0 Å². The Kier molecular flexibility index (Phi) is 3.47. The molecule has 21 heavy (non-hydrogen) atoms. The van der Waals surface area contributed by atoms with E-state index in [-0.39, 0.29) is 5.78 Å². The smallest absolute Gasteiger partial charge is 0.169 e. The van der Waals surface area contributed by atoms with Crippen molar-refractivity contribution < 1.29 is 4.79 Å². The number of benzene rings is 2. The van der Waals surface area contributed by atoms with Gasteiger partial charge in [0.2, 0.25) is 0 Å². The molecule has 1 N–H and O–H groups in total. The number of ketones is 1. The van der Waals surface area contributed by atoms with Gasteiger partial charge in [0.05, 0.1) is 11.6 Å². The number of rotatable bonds is 3. The van der Waals surface area contributed by atoms with Crippen LogP contribution in [0.15, 0.2) is 48.7 Å². The van der Waals surface area contributed by atoms with E-state index in [0.29, 0.717) is 22.6 Å². The fourth-order valence-electron chi connectivity index (χ4n) is 2.35. The average molecular weight is 295 g/mol. The van der Waals surface area contributed by atoms with E-state index in [1.54, 1.807) is 36.5 Å². The summed E-state index contributed by atoms with van der Waals surface area (Å²) < 4.78 is 0. The molecule has 0 aliphatic heterocycles. The van der Waals surface area contributed by atoms with Gasteiger partial charge in [-0.15, -0.1) is 0 Å². The number of aromatic nitrogens is 1. The number of halogens is 1. The number of nitrogens with one attached hydrogen (secondary N) is 1. The molecule has 0 unspecified atom stereocenters.